The maximum Gasteiger partial charge on any atom is 0.221 e. The monoisotopic (exact) mass is 356 g/mol. The number of halogens is 2. The smallest absolute Gasteiger partial charge is 0.221 e. The second kappa shape index (κ2) is 6.48. The zero-order chi connectivity index (χ0) is 17.3. The van der Waals surface area contributed by atoms with Crippen molar-refractivity contribution in [3.8, 4) is 17.7 Å². The van der Waals surface area contributed by atoms with Crippen molar-refractivity contribution in [1.29, 1.82) is 5.26 Å². The van der Waals surface area contributed by atoms with Gasteiger partial charge in [-0.1, -0.05) is 23.2 Å². The normalized spacial score (nSPS) is 10.4. The molecule has 0 aliphatic rings. The van der Waals surface area contributed by atoms with Crippen LogP contribution in [-0.2, 0) is 0 Å². The SMILES string of the molecule is CC(=O)c1ccc(Oc2cc(C#N)c3cc(Cl)ccc3n2)c(Cl)c1. The third kappa shape index (κ3) is 3.18. The van der Waals surface area contributed by atoms with Crippen molar-refractivity contribution >= 4 is 39.9 Å². The Balaban J connectivity index is 2.03. The van der Waals surface area contributed by atoms with Gasteiger partial charge in [-0.15, -0.1) is 0 Å². The maximum atomic E-state index is 11.4. The van der Waals surface area contributed by atoms with Crippen LogP contribution >= 0.6 is 23.2 Å². The Morgan fingerprint density at radius 1 is 1.17 bits per heavy atom. The van der Waals surface area contributed by atoms with Crippen LogP contribution in [0.15, 0.2) is 42.5 Å². The van der Waals surface area contributed by atoms with Crippen LogP contribution in [0.1, 0.15) is 22.8 Å². The molecule has 0 amide bonds. The quantitative estimate of drug-likeness (QED) is 0.588. The van der Waals surface area contributed by atoms with Gasteiger partial charge >= 0.3 is 0 Å². The largest absolute Gasteiger partial charge is 0.437 e. The molecule has 0 radical (unpaired) electrons. The fraction of sp³-hybridized carbons (Fsp3) is 0.0556. The topological polar surface area (TPSA) is 63.0 Å². The number of nitrogens with zero attached hydrogens (tertiary/aromatic N) is 2. The number of Topliss-reactive ketones (excluding diaryl/α,β-unsaturated/α-hetero) is 1. The van der Waals surface area contributed by atoms with Crippen molar-refractivity contribution in [3.63, 3.8) is 0 Å². The highest BCUT2D eigenvalue weighted by molar-refractivity contribution is 6.32. The first-order chi connectivity index (χ1) is 11.5. The molecule has 0 unspecified atom stereocenters. The van der Waals surface area contributed by atoms with Gasteiger partial charge < -0.3 is 4.74 Å². The van der Waals surface area contributed by atoms with E-state index in [1.54, 1.807) is 30.3 Å². The van der Waals surface area contributed by atoms with E-state index in [1.807, 2.05) is 0 Å². The number of hydrogen-bond acceptors (Lipinski definition) is 4. The molecule has 0 bridgehead atoms. The Hall–Kier alpha value is -2.61. The van der Waals surface area contributed by atoms with E-state index in [2.05, 4.69) is 11.1 Å². The highest BCUT2D eigenvalue weighted by Gasteiger charge is 2.11. The van der Waals surface area contributed by atoms with Crippen LogP contribution < -0.4 is 4.74 Å². The molecule has 0 aliphatic heterocycles. The zero-order valence-electron chi connectivity index (χ0n) is 12.5. The molecule has 2 aromatic carbocycles. The third-order valence-corrected chi connectivity index (χ3v) is 3.95. The Morgan fingerprint density at radius 2 is 1.96 bits per heavy atom. The van der Waals surface area contributed by atoms with Gasteiger partial charge in [-0.2, -0.15) is 5.26 Å². The summed E-state index contributed by atoms with van der Waals surface area (Å²) in [6.45, 7) is 1.46. The molecule has 0 N–H and O–H groups in total. The van der Waals surface area contributed by atoms with Gasteiger partial charge in [0.25, 0.3) is 0 Å². The number of nitriles is 1. The molecule has 3 rings (SSSR count). The standard InChI is InChI=1S/C18H10Cl2N2O2/c1-10(23)11-2-5-17(15(20)6-11)24-18-7-12(9-21)14-8-13(19)3-4-16(14)22-18/h2-8H,1H3. The predicted molar refractivity (Wildman–Crippen MR) is 93.0 cm³/mol. The predicted octanol–water partition coefficient (Wildman–Crippen LogP) is 5.41. The zero-order valence-corrected chi connectivity index (χ0v) is 14.0. The summed E-state index contributed by atoms with van der Waals surface area (Å²) in [7, 11) is 0. The van der Waals surface area contributed by atoms with E-state index in [0.29, 0.717) is 37.8 Å². The van der Waals surface area contributed by atoms with Crippen molar-refractivity contribution in [2.75, 3.05) is 0 Å². The highest BCUT2D eigenvalue weighted by atomic mass is 35.5. The number of benzene rings is 2. The van der Waals surface area contributed by atoms with E-state index in [4.69, 9.17) is 27.9 Å². The van der Waals surface area contributed by atoms with Crippen LogP contribution in [-0.4, -0.2) is 10.8 Å². The minimum absolute atomic E-state index is 0.0871. The number of rotatable bonds is 3. The summed E-state index contributed by atoms with van der Waals surface area (Å²) >= 11 is 12.1. The summed E-state index contributed by atoms with van der Waals surface area (Å²) in [5.41, 5.74) is 1.48. The van der Waals surface area contributed by atoms with Gasteiger partial charge in [0, 0.05) is 22.0 Å². The van der Waals surface area contributed by atoms with Crippen molar-refractivity contribution in [3.05, 3.63) is 63.6 Å². The first-order valence-electron chi connectivity index (χ1n) is 6.96. The van der Waals surface area contributed by atoms with E-state index in [-0.39, 0.29) is 11.7 Å². The maximum absolute atomic E-state index is 11.4. The molecule has 24 heavy (non-hydrogen) atoms. The lowest BCUT2D eigenvalue weighted by molar-refractivity contribution is 0.101. The van der Waals surface area contributed by atoms with Gasteiger partial charge in [0.05, 0.1) is 16.1 Å². The van der Waals surface area contributed by atoms with Gasteiger partial charge in [-0.3, -0.25) is 4.79 Å². The summed E-state index contributed by atoms with van der Waals surface area (Å²) in [5, 5.41) is 10.8. The molecule has 1 aromatic heterocycles. The van der Waals surface area contributed by atoms with Crippen molar-refractivity contribution < 1.29 is 9.53 Å². The molecule has 0 fully saturated rings. The molecular weight excluding hydrogens is 347 g/mol. The summed E-state index contributed by atoms with van der Waals surface area (Å²) in [5.74, 6) is 0.501. The molecule has 0 saturated heterocycles. The summed E-state index contributed by atoms with van der Waals surface area (Å²) in [4.78, 5) is 15.7. The molecule has 0 saturated carbocycles. The minimum atomic E-state index is -0.0871. The molecule has 0 aliphatic carbocycles. The lowest BCUT2D eigenvalue weighted by Crippen LogP contribution is -1.95. The van der Waals surface area contributed by atoms with Gasteiger partial charge in [0.2, 0.25) is 5.88 Å². The minimum Gasteiger partial charge on any atom is -0.437 e. The lowest BCUT2D eigenvalue weighted by atomic mass is 10.1. The van der Waals surface area contributed by atoms with Crippen LogP contribution in [0.25, 0.3) is 10.9 Å². The molecule has 1 heterocycles. The van der Waals surface area contributed by atoms with E-state index in [1.165, 1.54) is 19.1 Å². The Morgan fingerprint density at radius 3 is 2.62 bits per heavy atom. The number of carbonyl (C=O) groups is 1. The number of ether oxygens (including phenoxy) is 1. The van der Waals surface area contributed by atoms with Gasteiger partial charge in [0.15, 0.2) is 5.78 Å². The van der Waals surface area contributed by atoms with E-state index in [9.17, 15) is 10.1 Å². The molecule has 4 nitrogen and oxygen atoms in total. The van der Waals surface area contributed by atoms with Crippen molar-refractivity contribution in [2.24, 2.45) is 0 Å². The number of carbonyl (C=O) groups excluding carboxylic acids is 1. The van der Waals surface area contributed by atoms with Crippen LogP contribution in [0.2, 0.25) is 10.0 Å². The number of aromatic nitrogens is 1. The number of fused-ring (bicyclic) bond motifs is 1. The van der Waals surface area contributed by atoms with E-state index >= 15 is 0 Å². The van der Waals surface area contributed by atoms with Crippen LogP contribution in [0, 0.1) is 11.3 Å². The summed E-state index contributed by atoms with van der Waals surface area (Å²) in [6.07, 6.45) is 0. The average Bonchev–Trinajstić information content (AvgIpc) is 2.56. The highest BCUT2D eigenvalue weighted by Crippen LogP contribution is 2.32. The van der Waals surface area contributed by atoms with Gasteiger partial charge in [-0.05, 0) is 43.3 Å². The third-order valence-electron chi connectivity index (χ3n) is 3.42. The molecule has 3 aromatic rings. The Bertz CT molecular complexity index is 1010. The molecule has 0 spiro atoms. The molecule has 6 heteroatoms. The second-order valence-corrected chi connectivity index (χ2v) is 5.93. The lowest BCUT2D eigenvalue weighted by Gasteiger charge is -2.09. The average molecular weight is 357 g/mol. The fourth-order valence-corrected chi connectivity index (χ4v) is 2.62. The first-order valence-corrected chi connectivity index (χ1v) is 7.72. The molecular formula is C18H10Cl2N2O2. The number of hydrogen-bond donors (Lipinski definition) is 0. The first kappa shape index (κ1) is 16.3. The second-order valence-electron chi connectivity index (χ2n) is 5.08. The van der Waals surface area contributed by atoms with Crippen molar-refractivity contribution in [2.45, 2.75) is 6.92 Å². The Labute approximate surface area is 148 Å². The molecule has 118 valence electrons. The van der Waals surface area contributed by atoms with Gasteiger partial charge in [0.1, 0.15) is 11.8 Å². The summed E-state index contributed by atoms with van der Waals surface area (Å²) in [6, 6.07) is 13.5. The number of ketones is 1. The van der Waals surface area contributed by atoms with E-state index < -0.39 is 0 Å². The molecule has 0 atom stereocenters. The van der Waals surface area contributed by atoms with Crippen molar-refractivity contribution in [1.82, 2.24) is 4.98 Å². The Kier molecular flexibility index (Phi) is 4.39. The van der Waals surface area contributed by atoms with E-state index in [0.717, 1.165) is 0 Å². The van der Waals surface area contributed by atoms with Crippen LogP contribution in [0.5, 0.6) is 11.6 Å². The fourth-order valence-electron chi connectivity index (χ4n) is 2.23. The van der Waals surface area contributed by atoms with Crippen LogP contribution in [0.4, 0.5) is 0 Å². The summed E-state index contributed by atoms with van der Waals surface area (Å²) < 4.78 is 5.69. The van der Waals surface area contributed by atoms with Crippen LogP contribution in [0.3, 0.4) is 0 Å². The number of pyridine rings is 1. The van der Waals surface area contributed by atoms with Gasteiger partial charge in [-0.25, -0.2) is 4.98 Å².